The van der Waals surface area contributed by atoms with E-state index in [9.17, 15) is 24.5 Å². The number of Topliss-reactive ketones (excluding diaryl/α,β-unsaturated/α-hetero) is 1. The Morgan fingerprint density at radius 1 is 0.909 bits per heavy atom. The van der Waals surface area contributed by atoms with Crippen LogP contribution in [0.3, 0.4) is 0 Å². The maximum atomic E-state index is 13.0. The van der Waals surface area contributed by atoms with Crippen molar-refractivity contribution in [1.29, 1.82) is 0 Å². The standard InChI is InChI=1S/C25H22N2O6/c1-17-7-11-20(12-8-17)26-22(28)15-16-23(29)33-25(24(30)18-5-3-2-4-6-18)19-9-13-21(14-10-19)27(31)32/h2-14,25H,15-16H2,1H3,(H,26,28)/t25-/m1/s1. The van der Waals surface area contributed by atoms with Crippen LogP contribution in [0.5, 0.6) is 0 Å². The number of amides is 1. The van der Waals surface area contributed by atoms with Crippen LogP contribution in [0.1, 0.15) is 40.4 Å². The minimum atomic E-state index is -1.29. The first kappa shape index (κ1) is 23.3. The van der Waals surface area contributed by atoms with Crippen LogP contribution in [0.4, 0.5) is 11.4 Å². The second-order valence-corrected chi connectivity index (χ2v) is 7.36. The van der Waals surface area contributed by atoms with Gasteiger partial charge in [0.2, 0.25) is 11.7 Å². The molecule has 0 fully saturated rings. The van der Waals surface area contributed by atoms with Gasteiger partial charge in [-0.1, -0.05) is 48.0 Å². The van der Waals surface area contributed by atoms with Crippen molar-refractivity contribution in [3.63, 3.8) is 0 Å². The number of rotatable bonds is 9. The zero-order valence-electron chi connectivity index (χ0n) is 17.9. The van der Waals surface area contributed by atoms with Gasteiger partial charge in [-0.05, 0) is 31.2 Å². The van der Waals surface area contributed by atoms with Crippen molar-refractivity contribution in [3.05, 3.63) is 106 Å². The van der Waals surface area contributed by atoms with Gasteiger partial charge in [-0.2, -0.15) is 0 Å². The lowest BCUT2D eigenvalue weighted by Crippen LogP contribution is -2.21. The lowest BCUT2D eigenvalue weighted by Gasteiger charge is -2.17. The molecule has 0 spiro atoms. The van der Waals surface area contributed by atoms with Crippen LogP contribution >= 0.6 is 0 Å². The Kier molecular flexibility index (Phi) is 7.64. The number of aryl methyl sites for hydroxylation is 1. The molecule has 0 radical (unpaired) electrons. The molecule has 168 valence electrons. The highest BCUT2D eigenvalue weighted by atomic mass is 16.6. The van der Waals surface area contributed by atoms with Crippen LogP contribution in [0, 0.1) is 17.0 Å². The van der Waals surface area contributed by atoms with E-state index in [1.54, 1.807) is 42.5 Å². The van der Waals surface area contributed by atoms with Crippen molar-refractivity contribution in [1.82, 2.24) is 0 Å². The average Bonchev–Trinajstić information content (AvgIpc) is 2.83. The van der Waals surface area contributed by atoms with Gasteiger partial charge in [0.1, 0.15) is 0 Å². The van der Waals surface area contributed by atoms with Crippen LogP contribution in [-0.4, -0.2) is 22.6 Å². The molecule has 0 saturated heterocycles. The van der Waals surface area contributed by atoms with E-state index in [1.807, 2.05) is 19.1 Å². The molecular formula is C25H22N2O6. The summed E-state index contributed by atoms with van der Waals surface area (Å²) >= 11 is 0. The van der Waals surface area contributed by atoms with E-state index in [0.717, 1.165) is 5.56 Å². The Hall–Kier alpha value is -4.33. The van der Waals surface area contributed by atoms with E-state index < -0.39 is 22.8 Å². The average molecular weight is 446 g/mol. The van der Waals surface area contributed by atoms with E-state index >= 15 is 0 Å². The first-order chi connectivity index (χ1) is 15.8. The third kappa shape index (κ3) is 6.57. The monoisotopic (exact) mass is 446 g/mol. The lowest BCUT2D eigenvalue weighted by molar-refractivity contribution is -0.384. The minimum absolute atomic E-state index is 0.126. The zero-order valence-corrected chi connectivity index (χ0v) is 17.9. The van der Waals surface area contributed by atoms with Crippen LogP contribution in [0.2, 0.25) is 0 Å². The number of hydrogen-bond acceptors (Lipinski definition) is 6. The largest absolute Gasteiger partial charge is 0.449 e. The summed E-state index contributed by atoms with van der Waals surface area (Å²) in [4.78, 5) is 48.0. The van der Waals surface area contributed by atoms with Gasteiger partial charge in [-0.3, -0.25) is 24.5 Å². The van der Waals surface area contributed by atoms with Crippen molar-refractivity contribution in [2.24, 2.45) is 0 Å². The van der Waals surface area contributed by atoms with Gasteiger partial charge < -0.3 is 10.1 Å². The summed E-state index contributed by atoms with van der Waals surface area (Å²) in [6, 6.07) is 20.7. The summed E-state index contributed by atoms with van der Waals surface area (Å²) < 4.78 is 5.43. The van der Waals surface area contributed by atoms with E-state index in [2.05, 4.69) is 5.32 Å². The Balaban J connectivity index is 1.69. The van der Waals surface area contributed by atoms with E-state index in [-0.39, 0.29) is 24.4 Å². The van der Waals surface area contributed by atoms with Gasteiger partial charge >= 0.3 is 5.97 Å². The smallest absolute Gasteiger partial charge is 0.307 e. The summed E-state index contributed by atoms with van der Waals surface area (Å²) in [5.74, 6) is -1.57. The van der Waals surface area contributed by atoms with Crippen LogP contribution in [0.25, 0.3) is 0 Å². The molecule has 3 aromatic rings. The molecule has 0 unspecified atom stereocenters. The highest BCUT2D eigenvalue weighted by Crippen LogP contribution is 2.25. The van der Waals surface area contributed by atoms with Crippen molar-refractivity contribution in [2.75, 3.05) is 5.32 Å². The van der Waals surface area contributed by atoms with Gasteiger partial charge in [-0.15, -0.1) is 0 Å². The van der Waals surface area contributed by atoms with Crippen LogP contribution < -0.4 is 5.32 Å². The second-order valence-electron chi connectivity index (χ2n) is 7.36. The number of carbonyl (C=O) groups excluding carboxylic acids is 3. The number of nitrogens with one attached hydrogen (secondary N) is 1. The predicted octanol–water partition coefficient (Wildman–Crippen LogP) is 4.79. The maximum absolute atomic E-state index is 13.0. The van der Waals surface area contributed by atoms with Crippen molar-refractivity contribution in [2.45, 2.75) is 25.9 Å². The first-order valence-corrected chi connectivity index (χ1v) is 10.2. The van der Waals surface area contributed by atoms with Crippen molar-refractivity contribution < 1.29 is 24.0 Å². The molecule has 0 aliphatic carbocycles. The third-order valence-corrected chi connectivity index (χ3v) is 4.84. The topological polar surface area (TPSA) is 116 Å². The van der Waals surface area contributed by atoms with Gasteiger partial charge in [0, 0.05) is 35.4 Å². The molecule has 0 bridgehead atoms. The molecule has 0 aliphatic heterocycles. The number of non-ortho nitro benzene ring substituents is 1. The Morgan fingerprint density at radius 3 is 2.15 bits per heavy atom. The van der Waals surface area contributed by atoms with E-state index in [1.165, 1.54) is 24.3 Å². The molecule has 3 rings (SSSR count). The molecule has 1 atom stereocenters. The molecule has 0 aromatic heterocycles. The molecule has 8 heteroatoms. The highest BCUT2D eigenvalue weighted by molar-refractivity contribution is 6.01. The molecule has 1 N–H and O–H groups in total. The number of nitrogens with zero attached hydrogens (tertiary/aromatic N) is 1. The molecular weight excluding hydrogens is 424 g/mol. The van der Waals surface area contributed by atoms with Gasteiger partial charge in [0.25, 0.3) is 5.69 Å². The number of ketones is 1. The maximum Gasteiger partial charge on any atom is 0.307 e. The molecule has 3 aromatic carbocycles. The molecule has 0 saturated carbocycles. The quantitative estimate of drug-likeness (QED) is 0.219. The number of nitro benzene ring substituents is 1. The Morgan fingerprint density at radius 2 is 1.55 bits per heavy atom. The fraction of sp³-hybridized carbons (Fsp3) is 0.160. The Bertz CT molecular complexity index is 1140. The molecule has 33 heavy (non-hydrogen) atoms. The molecule has 0 aliphatic rings. The molecule has 1 amide bonds. The lowest BCUT2D eigenvalue weighted by atomic mass is 9.99. The number of nitro groups is 1. The fourth-order valence-electron chi connectivity index (χ4n) is 3.06. The van der Waals surface area contributed by atoms with E-state index in [0.29, 0.717) is 16.8 Å². The predicted molar refractivity (Wildman–Crippen MR) is 122 cm³/mol. The summed E-state index contributed by atoms with van der Waals surface area (Å²) in [7, 11) is 0. The van der Waals surface area contributed by atoms with Crippen LogP contribution in [0.15, 0.2) is 78.9 Å². The second kappa shape index (κ2) is 10.8. The normalized spacial score (nSPS) is 11.3. The molecule has 0 heterocycles. The minimum Gasteiger partial charge on any atom is -0.449 e. The number of ether oxygens (including phenoxy) is 1. The summed E-state index contributed by atoms with van der Waals surface area (Å²) in [5.41, 5.74) is 2.14. The number of hydrogen-bond donors (Lipinski definition) is 1. The van der Waals surface area contributed by atoms with Crippen molar-refractivity contribution >= 4 is 29.0 Å². The van der Waals surface area contributed by atoms with Crippen LogP contribution in [-0.2, 0) is 14.3 Å². The van der Waals surface area contributed by atoms with E-state index in [4.69, 9.17) is 4.74 Å². The third-order valence-electron chi connectivity index (χ3n) is 4.84. The Labute approximate surface area is 190 Å². The number of anilines is 1. The molecule has 8 nitrogen and oxygen atoms in total. The van der Waals surface area contributed by atoms with Gasteiger partial charge in [0.05, 0.1) is 11.3 Å². The number of benzene rings is 3. The summed E-state index contributed by atoms with van der Waals surface area (Å²) in [5, 5.41) is 13.6. The number of esters is 1. The SMILES string of the molecule is Cc1ccc(NC(=O)CCC(=O)O[C@@H](C(=O)c2ccccc2)c2ccc([N+](=O)[O-])cc2)cc1. The van der Waals surface area contributed by atoms with Crippen molar-refractivity contribution in [3.8, 4) is 0 Å². The van der Waals surface area contributed by atoms with Gasteiger partial charge in [0.15, 0.2) is 6.10 Å². The summed E-state index contributed by atoms with van der Waals surface area (Å²) in [6.45, 7) is 1.93. The first-order valence-electron chi connectivity index (χ1n) is 10.2. The highest BCUT2D eigenvalue weighted by Gasteiger charge is 2.27. The summed E-state index contributed by atoms with van der Waals surface area (Å²) in [6.07, 6.45) is -1.65. The van der Waals surface area contributed by atoms with Gasteiger partial charge in [-0.25, -0.2) is 0 Å². The fourth-order valence-corrected chi connectivity index (χ4v) is 3.06. The number of carbonyl (C=O) groups is 3. The zero-order chi connectivity index (χ0) is 23.8.